The van der Waals surface area contributed by atoms with E-state index in [2.05, 4.69) is 5.32 Å². The van der Waals surface area contributed by atoms with Gasteiger partial charge < -0.3 is 10.4 Å². The van der Waals surface area contributed by atoms with Gasteiger partial charge in [0.2, 0.25) is 5.91 Å². The maximum absolute atomic E-state index is 13.9. The van der Waals surface area contributed by atoms with Crippen LogP contribution in [0.5, 0.6) is 0 Å². The summed E-state index contributed by atoms with van der Waals surface area (Å²) in [5.74, 6) is -3.97. The Morgan fingerprint density at radius 3 is 2.50 bits per heavy atom. The first-order valence-electron chi connectivity index (χ1n) is 7.42. The Hall–Kier alpha value is -1.98. The van der Waals surface area contributed by atoms with Crippen LogP contribution in [-0.4, -0.2) is 17.0 Å². The van der Waals surface area contributed by atoms with Crippen LogP contribution in [0.15, 0.2) is 18.2 Å². The fraction of sp³-hybridized carbons (Fsp3) is 0.500. The van der Waals surface area contributed by atoms with Crippen LogP contribution in [0.4, 0.5) is 8.78 Å². The highest BCUT2D eigenvalue weighted by molar-refractivity contribution is 5.86. The van der Waals surface area contributed by atoms with Crippen molar-refractivity contribution < 1.29 is 23.5 Å². The number of carboxylic acids is 1. The molecule has 0 heterocycles. The predicted molar refractivity (Wildman–Crippen MR) is 76.0 cm³/mol. The van der Waals surface area contributed by atoms with E-state index in [1.54, 1.807) is 0 Å². The van der Waals surface area contributed by atoms with Crippen LogP contribution in [0, 0.1) is 23.5 Å². The molecule has 0 aromatic heterocycles. The highest BCUT2D eigenvalue weighted by Crippen LogP contribution is 2.35. The summed E-state index contributed by atoms with van der Waals surface area (Å²) in [7, 11) is 0. The molecule has 3 unspecified atom stereocenters. The number of carbonyl (C=O) groups is 2. The summed E-state index contributed by atoms with van der Waals surface area (Å²) in [6.07, 6.45) is 2.21. The first-order chi connectivity index (χ1) is 10.4. The zero-order valence-electron chi connectivity index (χ0n) is 12.3. The number of halogens is 2. The van der Waals surface area contributed by atoms with Crippen LogP contribution in [0.3, 0.4) is 0 Å². The predicted octanol–water partition coefficient (Wildman–Crippen LogP) is 3.03. The van der Waals surface area contributed by atoms with E-state index in [1.165, 1.54) is 6.07 Å². The Labute approximate surface area is 127 Å². The normalized spacial score (nSPS) is 21.8. The van der Waals surface area contributed by atoms with E-state index in [9.17, 15) is 18.4 Å². The maximum atomic E-state index is 13.9. The summed E-state index contributed by atoms with van der Waals surface area (Å²) in [6, 6.07) is 2.68. The largest absolute Gasteiger partial charge is 0.481 e. The molecule has 0 radical (unpaired) electrons. The molecule has 3 atom stereocenters. The zero-order valence-corrected chi connectivity index (χ0v) is 12.3. The van der Waals surface area contributed by atoms with E-state index in [0.29, 0.717) is 25.7 Å². The van der Waals surface area contributed by atoms with Gasteiger partial charge in [0.15, 0.2) is 0 Å². The van der Waals surface area contributed by atoms with Crippen molar-refractivity contribution >= 4 is 11.9 Å². The molecule has 1 fully saturated rings. The van der Waals surface area contributed by atoms with Gasteiger partial charge in [-0.15, -0.1) is 0 Å². The van der Waals surface area contributed by atoms with E-state index in [4.69, 9.17) is 5.11 Å². The van der Waals surface area contributed by atoms with Crippen LogP contribution in [0.1, 0.15) is 44.2 Å². The number of nitrogens with one attached hydrogen (secondary N) is 1. The number of hydrogen-bond acceptors (Lipinski definition) is 2. The molecule has 0 spiro atoms. The van der Waals surface area contributed by atoms with Crippen molar-refractivity contribution in [1.29, 1.82) is 0 Å². The summed E-state index contributed by atoms with van der Waals surface area (Å²) in [5.41, 5.74) is 0.225. The first kappa shape index (κ1) is 16.4. The molecule has 0 bridgehead atoms. The van der Waals surface area contributed by atoms with Crippen LogP contribution in [0.25, 0.3) is 0 Å². The van der Waals surface area contributed by atoms with Gasteiger partial charge in [0.05, 0.1) is 17.9 Å². The summed E-state index contributed by atoms with van der Waals surface area (Å²) in [6.45, 7) is 1.89. The van der Waals surface area contributed by atoms with Gasteiger partial charge in [0.1, 0.15) is 11.6 Å². The van der Waals surface area contributed by atoms with Crippen molar-refractivity contribution in [2.24, 2.45) is 11.8 Å². The Bertz CT molecular complexity index is 577. The highest BCUT2D eigenvalue weighted by Gasteiger charge is 2.41. The van der Waals surface area contributed by atoms with Gasteiger partial charge in [0, 0.05) is 11.6 Å². The lowest BCUT2D eigenvalue weighted by Gasteiger charge is -2.33. The number of carboxylic acid groups (broad SMARTS) is 1. The number of benzene rings is 1. The molecule has 1 saturated carbocycles. The number of aliphatic carboxylic acids is 1. The van der Waals surface area contributed by atoms with Gasteiger partial charge >= 0.3 is 5.97 Å². The minimum absolute atomic E-state index is 0.225. The van der Waals surface area contributed by atoms with Crippen molar-refractivity contribution in [2.45, 2.75) is 38.6 Å². The molecule has 120 valence electrons. The van der Waals surface area contributed by atoms with Gasteiger partial charge in [-0.05, 0) is 25.3 Å². The quantitative estimate of drug-likeness (QED) is 0.848. The fourth-order valence-electron chi connectivity index (χ4n) is 2.77. The van der Waals surface area contributed by atoms with E-state index in [0.717, 1.165) is 12.1 Å². The minimum atomic E-state index is -0.980. The van der Waals surface area contributed by atoms with Gasteiger partial charge in [-0.25, -0.2) is 8.78 Å². The molecule has 2 rings (SSSR count). The second-order valence-corrected chi connectivity index (χ2v) is 5.64. The summed E-state index contributed by atoms with van der Waals surface area (Å²) >= 11 is 0. The van der Waals surface area contributed by atoms with E-state index in [1.807, 2.05) is 6.92 Å². The molecular weight excluding hydrogens is 292 g/mol. The molecule has 1 aliphatic carbocycles. The van der Waals surface area contributed by atoms with Crippen LogP contribution < -0.4 is 5.32 Å². The van der Waals surface area contributed by atoms with Gasteiger partial charge in [-0.1, -0.05) is 19.4 Å². The number of rotatable bonds is 6. The summed E-state index contributed by atoms with van der Waals surface area (Å²) in [4.78, 5) is 23.2. The molecule has 4 nitrogen and oxygen atoms in total. The average Bonchev–Trinajstić information content (AvgIpc) is 2.36. The van der Waals surface area contributed by atoms with Crippen molar-refractivity contribution in [3.8, 4) is 0 Å². The lowest BCUT2D eigenvalue weighted by Crippen LogP contribution is -2.45. The topological polar surface area (TPSA) is 66.4 Å². The molecule has 0 saturated heterocycles. The van der Waals surface area contributed by atoms with Gasteiger partial charge in [0.25, 0.3) is 0 Å². The maximum Gasteiger partial charge on any atom is 0.307 e. The van der Waals surface area contributed by atoms with E-state index >= 15 is 0 Å². The fourth-order valence-corrected chi connectivity index (χ4v) is 2.77. The molecule has 22 heavy (non-hydrogen) atoms. The average molecular weight is 311 g/mol. The second-order valence-electron chi connectivity index (χ2n) is 5.64. The van der Waals surface area contributed by atoms with Crippen molar-refractivity contribution in [1.82, 2.24) is 5.32 Å². The number of carbonyl (C=O) groups excluding carboxylic acids is 1. The summed E-state index contributed by atoms with van der Waals surface area (Å²) < 4.78 is 26.9. The lowest BCUT2D eigenvalue weighted by atomic mass is 9.73. The SMILES string of the molecule is CCCC(NC(=O)C1CCC1C(=O)O)c1ccc(F)cc1F. The monoisotopic (exact) mass is 311 g/mol. The Morgan fingerprint density at radius 2 is 2.00 bits per heavy atom. The lowest BCUT2D eigenvalue weighted by molar-refractivity contribution is -0.153. The van der Waals surface area contributed by atoms with Crippen LogP contribution in [0.2, 0.25) is 0 Å². The number of hydrogen-bond donors (Lipinski definition) is 2. The molecular formula is C16H19F2NO3. The Morgan fingerprint density at radius 1 is 1.32 bits per heavy atom. The Kier molecular flexibility index (Phi) is 5.11. The number of amides is 1. The Balaban J connectivity index is 2.12. The minimum Gasteiger partial charge on any atom is -0.481 e. The molecule has 1 aliphatic rings. The van der Waals surface area contributed by atoms with Crippen molar-refractivity contribution in [2.75, 3.05) is 0 Å². The first-order valence-corrected chi connectivity index (χ1v) is 7.42. The third-order valence-corrected chi connectivity index (χ3v) is 4.16. The van der Waals surface area contributed by atoms with E-state index < -0.39 is 35.5 Å². The smallest absolute Gasteiger partial charge is 0.307 e. The van der Waals surface area contributed by atoms with Crippen LogP contribution in [-0.2, 0) is 9.59 Å². The standard InChI is InChI=1S/C16H19F2NO3/c1-2-3-14(12-5-4-9(17)8-13(12)18)19-15(20)10-6-7-11(10)16(21)22/h4-5,8,10-11,14H,2-3,6-7H2,1H3,(H,19,20)(H,21,22). The molecule has 6 heteroatoms. The van der Waals surface area contributed by atoms with Crippen molar-refractivity contribution in [3.05, 3.63) is 35.4 Å². The van der Waals surface area contributed by atoms with Gasteiger partial charge in [-0.3, -0.25) is 9.59 Å². The highest BCUT2D eigenvalue weighted by atomic mass is 19.1. The molecule has 1 aromatic carbocycles. The molecule has 2 N–H and O–H groups in total. The van der Waals surface area contributed by atoms with Crippen LogP contribution >= 0.6 is 0 Å². The molecule has 1 aromatic rings. The zero-order chi connectivity index (χ0) is 16.3. The van der Waals surface area contributed by atoms with Gasteiger partial charge in [-0.2, -0.15) is 0 Å². The molecule has 1 amide bonds. The third kappa shape index (κ3) is 3.43. The third-order valence-electron chi connectivity index (χ3n) is 4.16. The van der Waals surface area contributed by atoms with Crippen molar-refractivity contribution in [3.63, 3.8) is 0 Å². The second kappa shape index (κ2) is 6.85. The van der Waals surface area contributed by atoms with E-state index in [-0.39, 0.29) is 11.5 Å². The summed E-state index contributed by atoms with van der Waals surface area (Å²) in [5, 5.41) is 11.7. The molecule has 0 aliphatic heterocycles.